The zero-order valence-corrected chi connectivity index (χ0v) is 11.0. The zero-order chi connectivity index (χ0) is 12.5. The highest BCUT2D eigenvalue weighted by Crippen LogP contribution is 2.21. The summed E-state index contributed by atoms with van der Waals surface area (Å²) in [7, 11) is 0. The zero-order valence-electron chi connectivity index (χ0n) is 9.42. The van der Waals surface area contributed by atoms with Crippen molar-refractivity contribution in [3.8, 4) is 11.3 Å². The molecule has 0 atom stereocenters. The maximum absolute atomic E-state index is 5.62. The first-order valence-electron chi connectivity index (χ1n) is 5.44. The summed E-state index contributed by atoms with van der Waals surface area (Å²) in [4.78, 5) is 8.38. The lowest BCUT2D eigenvalue weighted by Crippen LogP contribution is -1.98. The molecule has 90 valence electrons. The van der Waals surface area contributed by atoms with Crippen molar-refractivity contribution in [2.75, 3.05) is 0 Å². The minimum Gasteiger partial charge on any atom is -0.325 e. The number of hydrogen-bond donors (Lipinski definition) is 1. The largest absolute Gasteiger partial charge is 0.325 e. The molecule has 0 aliphatic carbocycles. The van der Waals surface area contributed by atoms with E-state index < -0.39 is 0 Å². The third kappa shape index (κ3) is 1.79. The molecule has 6 heteroatoms. The Kier molecular flexibility index (Phi) is 2.81. The normalized spacial score (nSPS) is 11.0. The monoisotopic (exact) mass is 303 g/mol. The Hall–Kier alpha value is -1.79. The number of imidazole rings is 1. The predicted molar refractivity (Wildman–Crippen MR) is 71.8 cm³/mol. The Morgan fingerprint density at radius 1 is 1.17 bits per heavy atom. The van der Waals surface area contributed by atoms with Gasteiger partial charge in [0.2, 0.25) is 0 Å². The van der Waals surface area contributed by atoms with Crippen LogP contribution in [0.2, 0.25) is 0 Å². The van der Waals surface area contributed by atoms with Crippen LogP contribution in [0.4, 0.5) is 0 Å². The standard InChI is InChI=1S/C12H10BrN5/c13-12-10(7-14)16-11-2-1-9(17-18(11)12)8-3-5-15-6-4-8/h1-6H,7,14H2. The molecule has 0 aromatic carbocycles. The molecule has 0 radical (unpaired) electrons. The van der Waals surface area contributed by atoms with Gasteiger partial charge in [-0.25, -0.2) is 9.50 Å². The van der Waals surface area contributed by atoms with Crippen molar-refractivity contribution < 1.29 is 0 Å². The van der Waals surface area contributed by atoms with Crippen LogP contribution in [0, 0.1) is 0 Å². The van der Waals surface area contributed by atoms with Gasteiger partial charge in [-0.1, -0.05) is 0 Å². The van der Waals surface area contributed by atoms with E-state index in [1.54, 1.807) is 16.9 Å². The van der Waals surface area contributed by atoms with Crippen LogP contribution in [-0.4, -0.2) is 19.6 Å². The molecule has 0 aliphatic heterocycles. The number of rotatable bonds is 2. The van der Waals surface area contributed by atoms with Gasteiger partial charge in [0.05, 0.1) is 11.4 Å². The van der Waals surface area contributed by atoms with E-state index in [-0.39, 0.29) is 0 Å². The fourth-order valence-corrected chi connectivity index (χ4v) is 2.27. The molecule has 3 aromatic rings. The highest BCUT2D eigenvalue weighted by Gasteiger charge is 2.10. The maximum atomic E-state index is 5.62. The van der Waals surface area contributed by atoms with Gasteiger partial charge in [0, 0.05) is 24.5 Å². The summed E-state index contributed by atoms with van der Waals surface area (Å²) in [6.45, 7) is 0.383. The Morgan fingerprint density at radius 2 is 1.94 bits per heavy atom. The number of hydrogen-bond acceptors (Lipinski definition) is 4. The van der Waals surface area contributed by atoms with Crippen molar-refractivity contribution in [2.45, 2.75) is 6.54 Å². The van der Waals surface area contributed by atoms with Gasteiger partial charge in [0.15, 0.2) is 5.65 Å². The first-order chi connectivity index (χ1) is 8.79. The van der Waals surface area contributed by atoms with E-state index in [1.165, 1.54) is 0 Å². The minimum atomic E-state index is 0.383. The highest BCUT2D eigenvalue weighted by molar-refractivity contribution is 9.10. The van der Waals surface area contributed by atoms with Gasteiger partial charge in [-0.15, -0.1) is 0 Å². The third-order valence-electron chi connectivity index (χ3n) is 2.66. The molecule has 0 unspecified atom stereocenters. The Balaban J connectivity index is 2.19. The molecule has 18 heavy (non-hydrogen) atoms. The fraction of sp³-hybridized carbons (Fsp3) is 0.0833. The summed E-state index contributed by atoms with van der Waals surface area (Å²) in [6.07, 6.45) is 3.49. The number of pyridine rings is 1. The Bertz CT molecular complexity index is 692. The van der Waals surface area contributed by atoms with Gasteiger partial charge in [-0.2, -0.15) is 5.10 Å². The molecule has 0 fully saturated rings. The molecule has 3 aromatic heterocycles. The van der Waals surface area contributed by atoms with Gasteiger partial charge in [0.1, 0.15) is 4.60 Å². The van der Waals surface area contributed by atoms with Gasteiger partial charge < -0.3 is 5.73 Å². The molecule has 0 saturated heterocycles. The lowest BCUT2D eigenvalue weighted by Gasteiger charge is -2.01. The Labute approximate surface area is 112 Å². The fourth-order valence-electron chi connectivity index (χ4n) is 1.76. The summed E-state index contributed by atoms with van der Waals surface area (Å²) in [5.74, 6) is 0. The molecule has 0 saturated carbocycles. The van der Waals surface area contributed by atoms with Crippen LogP contribution >= 0.6 is 15.9 Å². The SMILES string of the molecule is NCc1nc2ccc(-c3ccncc3)nn2c1Br. The van der Waals surface area contributed by atoms with Crippen molar-refractivity contribution in [2.24, 2.45) is 5.73 Å². The van der Waals surface area contributed by atoms with Crippen LogP contribution < -0.4 is 5.73 Å². The average Bonchev–Trinajstić information content (AvgIpc) is 2.76. The summed E-state index contributed by atoms with van der Waals surface area (Å²) in [5, 5.41) is 4.54. The second kappa shape index (κ2) is 4.47. The lowest BCUT2D eigenvalue weighted by atomic mass is 10.2. The number of halogens is 1. The molecule has 2 N–H and O–H groups in total. The summed E-state index contributed by atoms with van der Waals surface area (Å²) < 4.78 is 2.55. The Morgan fingerprint density at radius 3 is 2.67 bits per heavy atom. The summed E-state index contributed by atoms with van der Waals surface area (Å²) in [5.41, 5.74) is 9.08. The van der Waals surface area contributed by atoms with Crippen molar-refractivity contribution in [3.63, 3.8) is 0 Å². The number of aromatic nitrogens is 4. The minimum absolute atomic E-state index is 0.383. The van der Waals surface area contributed by atoms with E-state index in [9.17, 15) is 0 Å². The molecule has 5 nitrogen and oxygen atoms in total. The number of nitrogens with zero attached hydrogens (tertiary/aromatic N) is 4. The van der Waals surface area contributed by atoms with Gasteiger partial charge in [-0.05, 0) is 40.2 Å². The molecular formula is C12H10BrN5. The van der Waals surface area contributed by atoms with Crippen LogP contribution in [0.25, 0.3) is 16.9 Å². The van der Waals surface area contributed by atoms with Crippen LogP contribution in [0.15, 0.2) is 41.3 Å². The molecule has 0 bridgehead atoms. The third-order valence-corrected chi connectivity index (χ3v) is 3.45. The van der Waals surface area contributed by atoms with Crippen LogP contribution in [-0.2, 0) is 6.54 Å². The second-order valence-corrected chi connectivity index (χ2v) is 4.53. The molecule has 3 rings (SSSR count). The molecule has 0 amide bonds. The molecule has 3 heterocycles. The average molecular weight is 304 g/mol. The van der Waals surface area contributed by atoms with Crippen molar-refractivity contribution >= 4 is 21.6 Å². The second-order valence-electron chi connectivity index (χ2n) is 3.78. The van der Waals surface area contributed by atoms with E-state index in [1.807, 2.05) is 24.3 Å². The van der Waals surface area contributed by atoms with Crippen LogP contribution in [0.1, 0.15) is 5.69 Å². The maximum Gasteiger partial charge on any atom is 0.155 e. The van der Waals surface area contributed by atoms with Crippen molar-refractivity contribution in [3.05, 3.63) is 47.0 Å². The lowest BCUT2D eigenvalue weighted by molar-refractivity contribution is 0.908. The van der Waals surface area contributed by atoms with Gasteiger partial charge in [-0.3, -0.25) is 4.98 Å². The quantitative estimate of drug-likeness (QED) is 0.786. The van der Waals surface area contributed by atoms with Crippen molar-refractivity contribution in [1.82, 2.24) is 19.6 Å². The molecule has 0 spiro atoms. The van der Waals surface area contributed by atoms with Gasteiger partial charge >= 0.3 is 0 Å². The van der Waals surface area contributed by atoms with Crippen LogP contribution in [0.3, 0.4) is 0 Å². The van der Waals surface area contributed by atoms with Crippen LogP contribution in [0.5, 0.6) is 0 Å². The van der Waals surface area contributed by atoms with E-state index >= 15 is 0 Å². The van der Waals surface area contributed by atoms with E-state index in [0.29, 0.717) is 6.54 Å². The number of nitrogens with two attached hydrogens (primary N) is 1. The molecule has 0 aliphatic rings. The summed E-state index contributed by atoms with van der Waals surface area (Å²) >= 11 is 3.46. The topological polar surface area (TPSA) is 69.1 Å². The first-order valence-corrected chi connectivity index (χ1v) is 6.23. The van der Waals surface area contributed by atoms with E-state index in [0.717, 1.165) is 27.2 Å². The molecular weight excluding hydrogens is 294 g/mol. The van der Waals surface area contributed by atoms with Crippen molar-refractivity contribution in [1.29, 1.82) is 0 Å². The highest BCUT2D eigenvalue weighted by atomic mass is 79.9. The first kappa shape index (κ1) is 11.3. The van der Waals surface area contributed by atoms with E-state index in [4.69, 9.17) is 5.73 Å². The smallest absolute Gasteiger partial charge is 0.155 e. The summed E-state index contributed by atoms with van der Waals surface area (Å²) in [6, 6.07) is 7.70. The van der Waals surface area contributed by atoms with E-state index in [2.05, 4.69) is 31.0 Å². The predicted octanol–water partition coefficient (Wildman–Crippen LogP) is 2.01. The number of fused-ring (bicyclic) bond motifs is 1. The van der Waals surface area contributed by atoms with Gasteiger partial charge in [0.25, 0.3) is 0 Å².